The van der Waals surface area contributed by atoms with Gasteiger partial charge in [-0.1, -0.05) is 12.1 Å². The molecule has 0 unspecified atom stereocenters. The molecular formula is C15H13N3O2S. The van der Waals surface area contributed by atoms with E-state index >= 15 is 0 Å². The zero-order chi connectivity index (χ0) is 14.4. The molecule has 1 aliphatic carbocycles. The van der Waals surface area contributed by atoms with Crippen LogP contribution < -0.4 is 0 Å². The van der Waals surface area contributed by atoms with Gasteiger partial charge in [-0.2, -0.15) is 0 Å². The number of thiazole rings is 1. The minimum absolute atomic E-state index is 0.0287. The Bertz CT molecular complexity index is 850. The molecule has 0 bridgehead atoms. The minimum Gasteiger partial charge on any atom is -0.475 e. The molecule has 0 spiro atoms. The Morgan fingerprint density at radius 3 is 2.81 bits per heavy atom. The summed E-state index contributed by atoms with van der Waals surface area (Å²) >= 11 is 1.41. The minimum atomic E-state index is -1.06. The molecule has 2 heterocycles. The van der Waals surface area contributed by atoms with E-state index in [-0.39, 0.29) is 5.82 Å². The van der Waals surface area contributed by atoms with Gasteiger partial charge in [-0.3, -0.25) is 4.40 Å². The quantitative estimate of drug-likeness (QED) is 0.789. The first-order valence-electron chi connectivity index (χ1n) is 6.92. The predicted molar refractivity (Wildman–Crippen MR) is 79.9 cm³/mol. The van der Waals surface area contributed by atoms with Crippen molar-refractivity contribution in [3.63, 3.8) is 0 Å². The summed E-state index contributed by atoms with van der Waals surface area (Å²) in [5, 5.41) is 18.9. The summed E-state index contributed by atoms with van der Waals surface area (Å²) in [5.41, 5.74) is 4.68. The zero-order valence-corrected chi connectivity index (χ0v) is 12.1. The Hall–Kier alpha value is -2.21. The first-order valence-corrected chi connectivity index (χ1v) is 7.80. The van der Waals surface area contributed by atoms with Gasteiger partial charge in [0, 0.05) is 5.38 Å². The number of hydrogen-bond acceptors (Lipinski definition) is 4. The van der Waals surface area contributed by atoms with Crippen LogP contribution in [0.1, 0.15) is 34.6 Å². The topological polar surface area (TPSA) is 67.5 Å². The standard InChI is InChI=1S/C15H13N3O2S/c19-14(20)13-16-17-15-18(13)12(8-21-15)11-6-5-9-3-1-2-4-10(9)7-11/h5-8H,1-4H2,(H,19,20). The largest absolute Gasteiger partial charge is 0.475 e. The summed E-state index contributed by atoms with van der Waals surface area (Å²) in [6.45, 7) is 0. The Morgan fingerprint density at radius 1 is 1.19 bits per heavy atom. The molecule has 3 aromatic rings. The lowest BCUT2D eigenvalue weighted by Crippen LogP contribution is -2.05. The van der Waals surface area contributed by atoms with Gasteiger partial charge in [-0.05, 0) is 48.4 Å². The van der Waals surface area contributed by atoms with Crippen LogP contribution in [0.3, 0.4) is 0 Å². The fraction of sp³-hybridized carbons (Fsp3) is 0.267. The first-order chi connectivity index (χ1) is 10.2. The number of carbonyl (C=O) groups is 1. The van der Waals surface area contributed by atoms with Crippen molar-refractivity contribution in [1.82, 2.24) is 14.6 Å². The number of hydrogen-bond donors (Lipinski definition) is 1. The van der Waals surface area contributed by atoms with E-state index in [4.69, 9.17) is 0 Å². The predicted octanol–water partition coefficient (Wildman–Crippen LogP) is 3.03. The highest BCUT2D eigenvalue weighted by molar-refractivity contribution is 7.15. The van der Waals surface area contributed by atoms with Crippen molar-refractivity contribution in [2.75, 3.05) is 0 Å². The van der Waals surface area contributed by atoms with Crippen molar-refractivity contribution in [3.05, 3.63) is 40.5 Å². The van der Waals surface area contributed by atoms with Crippen LogP contribution >= 0.6 is 11.3 Å². The summed E-state index contributed by atoms with van der Waals surface area (Å²) in [7, 11) is 0. The maximum absolute atomic E-state index is 11.3. The molecule has 5 nitrogen and oxygen atoms in total. The van der Waals surface area contributed by atoms with Crippen LogP contribution in [0.2, 0.25) is 0 Å². The van der Waals surface area contributed by atoms with Gasteiger partial charge in [0.2, 0.25) is 10.8 Å². The van der Waals surface area contributed by atoms with E-state index in [0.717, 1.165) is 24.1 Å². The lowest BCUT2D eigenvalue weighted by atomic mass is 9.90. The molecule has 0 fully saturated rings. The Morgan fingerprint density at radius 2 is 2.00 bits per heavy atom. The van der Waals surface area contributed by atoms with Gasteiger partial charge in [0.1, 0.15) is 0 Å². The third-order valence-electron chi connectivity index (χ3n) is 3.99. The summed E-state index contributed by atoms with van der Waals surface area (Å²) in [5.74, 6) is -1.08. The van der Waals surface area contributed by atoms with E-state index in [0.29, 0.717) is 4.96 Å². The lowest BCUT2D eigenvalue weighted by molar-refractivity contribution is 0.0682. The fourth-order valence-corrected chi connectivity index (χ4v) is 3.79. The van der Waals surface area contributed by atoms with Crippen LogP contribution in [0.4, 0.5) is 0 Å². The number of fused-ring (bicyclic) bond motifs is 2. The molecule has 1 N–H and O–H groups in total. The van der Waals surface area contributed by atoms with Gasteiger partial charge < -0.3 is 5.11 Å². The van der Waals surface area contributed by atoms with Gasteiger partial charge in [-0.15, -0.1) is 21.5 Å². The van der Waals surface area contributed by atoms with Crippen molar-refractivity contribution in [1.29, 1.82) is 0 Å². The van der Waals surface area contributed by atoms with Gasteiger partial charge in [0.15, 0.2) is 0 Å². The van der Waals surface area contributed by atoms with Crippen molar-refractivity contribution >= 4 is 22.3 Å². The second-order valence-corrected chi connectivity index (χ2v) is 6.09. The van der Waals surface area contributed by atoms with Crippen LogP contribution in [-0.2, 0) is 12.8 Å². The Kier molecular flexibility index (Phi) is 2.78. The normalized spacial score (nSPS) is 14.3. The molecule has 1 aromatic carbocycles. The van der Waals surface area contributed by atoms with Crippen LogP contribution in [-0.4, -0.2) is 25.7 Å². The molecule has 0 saturated heterocycles. The summed E-state index contributed by atoms with van der Waals surface area (Å²) in [6, 6.07) is 6.41. The smallest absolute Gasteiger partial charge is 0.374 e. The van der Waals surface area contributed by atoms with E-state index in [2.05, 4.69) is 28.4 Å². The number of nitrogens with zero attached hydrogens (tertiary/aromatic N) is 3. The third-order valence-corrected chi connectivity index (χ3v) is 4.80. The van der Waals surface area contributed by atoms with Crippen molar-refractivity contribution in [3.8, 4) is 11.3 Å². The molecule has 6 heteroatoms. The van der Waals surface area contributed by atoms with Crippen LogP contribution in [0.5, 0.6) is 0 Å². The number of carboxylic acid groups (broad SMARTS) is 1. The highest BCUT2D eigenvalue weighted by Crippen LogP contribution is 2.30. The maximum Gasteiger partial charge on any atom is 0.374 e. The Balaban J connectivity index is 1.90. The first kappa shape index (κ1) is 12.5. The molecule has 0 aliphatic heterocycles. The van der Waals surface area contributed by atoms with E-state index in [1.165, 1.54) is 35.3 Å². The average molecular weight is 299 g/mol. The van der Waals surface area contributed by atoms with Crippen LogP contribution in [0.15, 0.2) is 23.6 Å². The lowest BCUT2D eigenvalue weighted by Gasteiger charge is -2.16. The summed E-state index contributed by atoms with van der Waals surface area (Å²) in [4.78, 5) is 11.9. The molecule has 0 saturated carbocycles. The maximum atomic E-state index is 11.3. The number of benzene rings is 1. The fourth-order valence-electron chi connectivity index (χ4n) is 2.95. The molecule has 0 radical (unpaired) electrons. The van der Waals surface area contributed by atoms with Gasteiger partial charge >= 0.3 is 5.97 Å². The number of carboxylic acids is 1. The SMILES string of the molecule is O=C(O)c1nnc2scc(-c3ccc4c(c3)CCCC4)n12. The molecular weight excluding hydrogens is 286 g/mol. The molecule has 4 rings (SSSR count). The van der Waals surface area contributed by atoms with Crippen molar-refractivity contribution in [2.24, 2.45) is 0 Å². The second kappa shape index (κ2) is 4.66. The highest BCUT2D eigenvalue weighted by Gasteiger charge is 2.19. The van der Waals surface area contributed by atoms with Crippen LogP contribution in [0, 0.1) is 0 Å². The van der Waals surface area contributed by atoms with Crippen LogP contribution in [0.25, 0.3) is 16.2 Å². The number of aromatic carboxylic acids is 1. The Labute approximate surface area is 124 Å². The van der Waals surface area contributed by atoms with E-state index in [1.54, 1.807) is 4.40 Å². The van der Waals surface area contributed by atoms with E-state index < -0.39 is 5.97 Å². The van der Waals surface area contributed by atoms with Gasteiger partial charge in [0.25, 0.3) is 0 Å². The molecule has 106 valence electrons. The molecule has 1 aliphatic rings. The third kappa shape index (κ3) is 1.94. The molecule has 21 heavy (non-hydrogen) atoms. The summed E-state index contributed by atoms with van der Waals surface area (Å²) < 4.78 is 1.62. The number of aryl methyl sites for hydroxylation is 2. The second-order valence-electron chi connectivity index (χ2n) is 5.26. The van der Waals surface area contributed by atoms with E-state index in [1.807, 2.05) is 5.38 Å². The van der Waals surface area contributed by atoms with Gasteiger partial charge in [0.05, 0.1) is 5.69 Å². The number of aromatic nitrogens is 3. The zero-order valence-electron chi connectivity index (χ0n) is 11.2. The molecule has 2 aromatic heterocycles. The number of rotatable bonds is 2. The van der Waals surface area contributed by atoms with E-state index in [9.17, 15) is 9.90 Å². The molecule has 0 amide bonds. The monoisotopic (exact) mass is 299 g/mol. The average Bonchev–Trinajstić information content (AvgIpc) is 3.08. The highest BCUT2D eigenvalue weighted by atomic mass is 32.1. The molecule has 0 atom stereocenters. The summed E-state index contributed by atoms with van der Waals surface area (Å²) in [6.07, 6.45) is 4.72. The van der Waals surface area contributed by atoms with Crippen molar-refractivity contribution in [2.45, 2.75) is 25.7 Å². The van der Waals surface area contributed by atoms with Gasteiger partial charge in [-0.25, -0.2) is 4.79 Å². The van der Waals surface area contributed by atoms with Crippen molar-refractivity contribution < 1.29 is 9.90 Å².